The predicted molar refractivity (Wildman–Crippen MR) is 80.2 cm³/mol. The van der Waals surface area contributed by atoms with E-state index in [9.17, 15) is 23.1 Å². The van der Waals surface area contributed by atoms with E-state index in [1.54, 1.807) is 20.8 Å². The minimum Gasteiger partial charge on any atom is -0.444 e. The van der Waals surface area contributed by atoms with E-state index in [-0.39, 0.29) is 25.9 Å². The number of hydrogen-bond acceptors (Lipinski definition) is 4. The summed E-state index contributed by atoms with van der Waals surface area (Å²) in [4.78, 5) is 16.9. The zero-order chi connectivity index (χ0) is 18.2. The van der Waals surface area contributed by atoms with Gasteiger partial charge in [0, 0.05) is 24.8 Å². The number of piperidine rings is 1. The van der Waals surface area contributed by atoms with Crippen molar-refractivity contribution in [3.8, 4) is 0 Å². The fourth-order valence-corrected chi connectivity index (χ4v) is 2.51. The first-order chi connectivity index (χ1) is 10.9. The molecule has 134 valence electrons. The molecule has 2 rings (SSSR count). The Bertz CT molecular complexity index is 586. The van der Waals surface area contributed by atoms with Crippen LogP contribution < -0.4 is 0 Å². The van der Waals surface area contributed by atoms with Crippen LogP contribution in [0.1, 0.15) is 44.9 Å². The Morgan fingerprint density at radius 2 is 1.83 bits per heavy atom. The van der Waals surface area contributed by atoms with Crippen LogP contribution in [0.3, 0.4) is 0 Å². The van der Waals surface area contributed by atoms with Crippen LogP contribution in [-0.4, -0.2) is 39.8 Å². The Morgan fingerprint density at radius 1 is 1.25 bits per heavy atom. The Morgan fingerprint density at radius 3 is 2.25 bits per heavy atom. The summed E-state index contributed by atoms with van der Waals surface area (Å²) in [5, 5.41) is 10.7. The molecule has 8 heteroatoms. The second-order valence-electron chi connectivity index (χ2n) is 6.93. The van der Waals surface area contributed by atoms with Gasteiger partial charge in [0.05, 0.1) is 5.60 Å². The smallest absolute Gasteiger partial charge is 0.433 e. The molecule has 0 atom stereocenters. The van der Waals surface area contributed by atoms with Gasteiger partial charge in [-0.25, -0.2) is 4.79 Å². The number of amides is 1. The lowest BCUT2D eigenvalue weighted by Gasteiger charge is -2.38. The number of aliphatic hydroxyl groups is 1. The van der Waals surface area contributed by atoms with Crippen molar-refractivity contribution in [2.75, 3.05) is 13.1 Å². The first kappa shape index (κ1) is 18.5. The fourth-order valence-electron chi connectivity index (χ4n) is 2.51. The highest BCUT2D eigenvalue weighted by atomic mass is 19.4. The summed E-state index contributed by atoms with van der Waals surface area (Å²) in [6.07, 6.45) is -3.51. The molecular weight excluding hydrogens is 325 g/mol. The lowest BCUT2D eigenvalue weighted by molar-refractivity contribution is -0.141. The highest BCUT2D eigenvalue weighted by Crippen LogP contribution is 2.34. The maximum atomic E-state index is 12.5. The molecule has 1 aromatic heterocycles. The summed E-state index contributed by atoms with van der Waals surface area (Å²) in [7, 11) is 0. The lowest BCUT2D eigenvalue weighted by atomic mass is 9.85. The quantitative estimate of drug-likeness (QED) is 0.847. The molecule has 0 unspecified atom stereocenters. The van der Waals surface area contributed by atoms with Crippen LogP contribution >= 0.6 is 0 Å². The molecule has 0 bridgehead atoms. The highest BCUT2D eigenvalue weighted by molar-refractivity contribution is 5.68. The van der Waals surface area contributed by atoms with E-state index in [0.717, 1.165) is 12.3 Å². The standard InChI is InChI=1S/C16H21F3N2O3/c1-14(2,3)24-13(22)21-8-6-15(23,7-9-21)11-4-5-12(20-10-11)16(17,18)19/h4-5,10,23H,6-9H2,1-3H3. The number of hydrogen-bond donors (Lipinski definition) is 1. The van der Waals surface area contributed by atoms with Crippen molar-refractivity contribution in [1.82, 2.24) is 9.88 Å². The van der Waals surface area contributed by atoms with Crippen LogP contribution in [0.15, 0.2) is 18.3 Å². The van der Waals surface area contributed by atoms with Crippen molar-refractivity contribution in [3.63, 3.8) is 0 Å². The molecule has 0 aromatic carbocycles. The average Bonchev–Trinajstić information content (AvgIpc) is 2.45. The Kier molecular flexibility index (Phi) is 4.81. The average molecular weight is 346 g/mol. The lowest BCUT2D eigenvalue weighted by Crippen LogP contribution is -2.46. The number of carbonyl (C=O) groups excluding carboxylic acids is 1. The Labute approximate surface area is 138 Å². The first-order valence-corrected chi connectivity index (χ1v) is 7.65. The third-order valence-corrected chi connectivity index (χ3v) is 3.83. The van der Waals surface area contributed by atoms with Crippen molar-refractivity contribution in [1.29, 1.82) is 0 Å². The van der Waals surface area contributed by atoms with Gasteiger partial charge < -0.3 is 14.7 Å². The number of aromatic nitrogens is 1. The second-order valence-corrected chi connectivity index (χ2v) is 6.93. The molecule has 24 heavy (non-hydrogen) atoms. The van der Waals surface area contributed by atoms with Crippen LogP contribution in [0.5, 0.6) is 0 Å². The molecule has 1 N–H and O–H groups in total. The molecule has 5 nitrogen and oxygen atoms in total. The summed E-state index contributed by atoms with van der Waals surface area (Å²) in [6, 6.07) is 2.09. The number of likely N-dealkylation sites (tertiary alicyclic amines) is 1. The van der Waals surface area contributed by atoms with Gasteiger partial charge in [-0.1, -0.05) is 6.07 Å². The van der Waals surface area contributed by atoms with Gasteiger partial charge in [-0.15, -0.1) is 0 Å². The number of nitrogens with zero attached hydrogens (tertiary/aromatic N) is 2. The van der Waals surface area contributed by atoms with E-state index >= 15 is 0 Å². The molecular formula is C16H21F3N2O3. The van der Waals surface area contributed by atoms with Crippen molar-refractivity contribution in [2.45, 2.75) is 51.0 Å². The summed E-state index contributed by atoms with van der Waals surface area (Å²) in [6.45, 7) is 5.80. The largest absolute Gasteiger partial charge is 0.444 e. The van der Waals surface area contributed by atoms with Crippen LogP contribution in [0, 0.1) is 0 Å². The van der Waals surface area contributed by atoms with Gasteiger partial charge >= 0.3 is 12.3 Å². The maximum absolute atomic E-state index is 12.5. The molecule has 1 amide bonds. The zero-order valence-electron chi connectivity index (χ0n) is 13.9. The molecule has 1 aliphatic rings. The van der Waals surface area contributed by atoms with Gasteiger partial charge in [0.15, 0.2) is 0 Å². The summed E-state index contributed by atoms with van der Waals surface area (Å²) in [5.41, 5.74) is -2.59. The van der Waals surface area contributed by atoms with Crippen molar-refractivity contribution in [2.24, 2.45) is 0 Å². The van der Waals surface area contributed by atoms with E-state index < -0.39 is 29.2 Å². The van der Waals surface area contributed by atoms with Gasteiger partial charge in [0.25, 0.3) is 0 Å². The number of halogens is 3. The zero-order valence-corrected chi connectivity index (χ0v) is 13.9. The molecule has 1 fully saturated rings. The van der Waals surface area contributed by atoms with E-state index in [2.05, 4.69) is 4.98 Å². The molecule has 0 saturated carbocycles. The van der Waals surface area contributed by atoms with Gasteiger partial charge in [-0.05, 0) is 39.7 Å². The van der Waals surface area contributed by atoms with Crippen molar-refractivity contribution >= 4 is 6.09 Å². The van der Waals surface area contributed by atoms with E-state index in [1.807, 2.05) is 0 Å². The topological polar surface area (TPSA) is 62.7 Å². The highest BCUT2D eigenvalue weighted by Gasteiger charge is 2.38. The van der Waals surface area contributed by atoms with Crippen LogP contribution in [-0.2, 0) is 16.5 Å². The maximum Gasteiger partial charge on any atom is 0.433 e. The molecule has 2 heterocycles. The van der Waals surface area contributed by atoms with Crippen molar-refractivity contribution < 1.29 is 27.8 Å². The minimum atomic E-state index is -4.51. The SMILES string of the molecule is CC(C)(C)OC(=O)N1CCC(O)(c2ccc(C(F)(F)F)nc2)CC1. The molecule has 0 aliphatic carbocycles. The van der Waals surface area contributed by atoms with Gasteiger partial charge in [-0.2, -0.15) is 13.2 Å². The molecule has 1 saturated heterocycles. The number of pyridine rings is 1. The third-order valence-electron chi connectivity index (χ3n) is 3.83. The van der Waals surface area contributed by atoms with Crippen LogP contribution in [0.4, 0.5) is 18.0 Å². The van der Waals surface area contributed by atoms with E-state index in [1.165, 1.54) is 11.0 Å². The summed E-state index contributed by atoms with van der Waals surface area (Å²) >= 11 is 0. The number of carbonyl (C=O) groups is 1. The second kappa shape index (κ2) is 6.23. The van der Waals surface area contributed by atoms with Gasteiger partial charge in [0.1, 0.15) is 11.3 Å². The molecule has 0 spiro atoms. The fraction of sp³-hybridized carbons (Fsp3) is 0.625. The Hall–Kier alpha value is -1.83. The number of rotatable bonds is 1. The van der Waals surface area contributed by atoms with Crippen LogP contribution in [0.2, 0.25) is 0 Å². The molecule has 1 aliphatic heterocycles. The first-order valence-electron chi connectivity index (χ1n) is 7.65. The summed E-state index contributed by atoms with van der Waals surface area (Å²) < 4.78 is 42.9. The number of ether oxygens (including phenoxy) is 1. The number of alkyl halides is 3. The van der Waals surface area contributed by atoms with Gasteiger partial charge in [-0.3, -0.25) is 4.98 Å². The third kappa shape index (κ3) is 4.37. The van der Waals surface area contributed by atoms with Crippen LogP contribution in [0.25, 0.3) is 0 Å². The monoisotopic (exact) mass is 346 g/mol. The minimum absolute atomic E-state index is 0.208. The van der Waals surface area contributed by atoms with E-state index in [0.29, 0.717) is 5.56 Å². The van der Waals surface area contributed by atoms with E-state index in [4.69, 9.17) is 4.74 Å². The molecule has 1 aromatic rings. The predicted octanol–water partition coefficient (Wildman–Crippen LogP) is 3.32. The Balaban J connectivity index is 2.03. The molecule has 0 radical (unpaired) electrons. The van der Waals surface area contributed by atoms with Gasteiger partial charge in [0.2, 0.25) is 0 Å². The van der Waals surface area contributed by atoms with Crippen molar-refractivity contribution in [3.05, 3.63) is 29.6 Å². The normalized spacial score (nSPS) is 18.4. The summed E-state index contributed by atoms with van der Waals surface area (Å²) in [5.74, 6) is 0.